The van der Waals surface area contributed by atoms with Crippen LogP contribution in [-0.2, 0) is 13.0 Å². The molecule has 0 radical (unpaired) electrons. The number of methoxy groups -OCH3 is 1. The monoisotopic (exact) mass is 352 g/mol. The van der Waals surface area contributed by atoms with Crippen molar-refractivity contribution < 1.29 is 4.74 Å². The van der Waals surface area contributed by atoms with Gasteiger partial charge in [-0.15, -0.1) is 0 Å². The summed E-state index contributed by atoms with van der Waals surface area (Å²) in [4.78, 5) is 2.67. The van der Waals surface area contributed by atoms with Crippen LogP contribution in [0.4, 0.5) is 0 Å². The average Bonchev–Trinajstić information content (AvgIpc) is 2.69. The van der Waals surface area contributed by atoms with Gasteiger partial charge in [0.05, 0.1) is 7.11 Å². The van der Waals surface area contributed by atoms with E-state index < -0.39 is 0 Å². The Balaban J connectivity index is 1.62. The first-order chi connectivity index (χ1) is 12.7. The van der Waals surface area contributed by atoms with Crippen molar-refractivity contribution in [1.82, 2.24) is 4.90 Å². The van der Waals surface area contributed by atoms with Gasteiger partial charge in [-0.2, -0.15) is 0 Å². The van der Waals surface area contributed by atoms with Gasteiger partial charge in [-0.1, -0.05) is 42.5 Å². The molecule has 0 aromatic heterocycles. The molecule has 3 rings (SSSR count). The molecule has 140 valence electrons. The van der Waals surface area contributed by atoms with E-state index in [-0.39, 0.29) is 0 Å². The molecule has 1 saturated carbocycles. The lowest BCUT2D eigenvalue weighted by Crippen LogP contribution is -2.41. The molecule has 26 heavy (non-hydrogen) atoms. The van der Waals surface area contributed by atoms with Crippen LogP contribution in [0.5, 0.6) is 5.75 Å². The van der Waals surface area contributed by atoms with E-state index in [1.54, 1.807) is 7.11 Å². The van der Waals surface area contributed by atoms with E-state index in [1.807, 2.05) is 6.07 Å². The molecule has 0 saturated heterocycles. The van der Waals surface area contributed by atoms with Gasteiger partial charge in [-0.3, -0.25) is 4.90 Å². The molecular weight excluding hydrogens is 320 g/mol. The van der Waals surface area contributed by atoms with Crippen LogP contribution >= 0.6 is 0 Å². The Morgan fingerprint density at radius 2 is 1.69 bits per heavy atom. The molecule has 2 aromatic carbocycles. The molecule has 0 bridgehead atoms. The average molecular weight is 353 g/mol. The molecule has 1 aliphatic carbocycles. The Bertz CT molecular complexity index is 650. The summed E-state index contributed by atoms with van der Waals surface area (Å²) >= 11 is 0. The molecule has 1 aliphatic rings. The summed E-state index contributed by atoms with van der Waals surface area (Å²) < 4.78 is 5.40. The Hall–Kier alpha value is -1.84. The van der Waals surface area contributed by atoms with E-state index >= 15 is 0 Å². The van der Waals surface area contributed by atoms with Crippen LogP contribution in [0.2, 0.25) is 0 Å². The van der Waals surface area contributed by atoms with E-state index in [2.05, 4.69) is 53.4 Å². The maximum atomic E-state index is 6.13. The fraction of sp³-hybridized carbons (Fsp3) is 0.478. The third-order valence-electron chi connectivity index (χ3n) is 5.53. The largest absolute Gasteiger partial charge is 0.497 e. The van der Waals surface area contributed by atoms with E-state index in [0.29, 0.717) is 12.1 Å². The number of ether oxygens (including phenoxy) is 1. The number of benzene rings is 2. The lowest BCUT2D eigenvalue weighted by molar-refractivity contribution is 0.140. The van der Waals surface area contributed by atoms with Crippen LogP contribution < -0.4 is 10.5 Å². The standard InChI is InChI=1S/C23H32N2O/c1-26-23-11-5-9-20(17-23)18-25(22-14-12-21(24)13-15-22)16-6-10-19-7-3-2-4-8-19/h2-5,7-9,11,17,21-22H,6,10,12-16,18,24H2,1H3. The minimum atomic E-state index is 0.397. The molecule has 0 heterocycles. The highest BCUT2D eigenvalue weighted by Crippen LogP contribution is 2.25. The van der Waals surface area contributed by atoms with Gasteiger partial charge in [0.1, 0.15) is 5.75 Å². The molecular formula is C23H32N2O. The fourth-order valence-corrected chi connectivity index (χ4v) is 3.99. The highest BCUT2D eigenvalue weighted by molar-refractivity contribution is 5.28. The van der Waals surface area contributed by atoms with Crippen molar-refractivity contribution in [2.45, 2.75) is 57.2 Å². The molecule has 3 heteroatoms. The van der Waals surface area contributed by atoms with E-state index in [1.165, 1.54) is 30.4 Å². The molecule has 0 atom stereocenters. The van der Waals surface area contributed by atoms with Gasteiger partial charge in [-0.05, 0) is 68.3 Å². The SMILES string of the molecule is COc1cccc(CN(CCCc2ccccc2)C2CCC(N)CC2)c1. The van der Waals surface area contributed by atoms with Crippen molar-refractivity contribution in [3.05, 3.63) is 65.7 Å². The van der Waals surface area contributed by atoms with Crippen LogP contribution in [0.25, 0.3) is 0 Å². The van der Waals surface area contributed by atoms with Gasteiger partial charge in [0.2, 0.25) is 0 Å². The van der Waals surface area contributed by atoms with Crippen LogP contribution in [0.15, 0.2) is 54.6 Å². The van der Waals surface area contributed by atoms with Crippen LogP contribution in [0, 0.1) is 0 Å². The predicted molar refractivity (Wildman–Crippen MR) is 108 cm³/mol. The lowest BCUT2D eigenvalue weighted by atomic mass is 9.90. The van der Waals surface area contributed by atoms with Crippen molar-refractivity contribution in [1.29, 1.82) is 0 Å². The summed E-state index contributed by atoms with van der Waals surface area (Å²) in [6.07, 6.45) is 7.07. The normalized spacial score (nSPS) is 20.3. The summed E-state index contributed by atoms with van der Waals surface area (Å²) in [6.45, 7) is 2.12. The number of nitrogens with two attached hydrogens (primary N) is 1. The first-order valence-corrected chi connectivity index (χ1v) is 9.91. The number of aryl methyl sites for hydroxylation is 1. The fourth-order valence-electron chi connectivity index (χ4n) is 3.99. The Kier molecular flexibility index (Phi) is 7.10. The molecule has 0 unspecified atom stereocenters. The van der Waals surface area contributed by atoms with Crippen molar-refractivity contribution in [3.63, 3.8) is 0 Å². The summed E-state index contributed by atoms with van der Waals surface area (Å²) in [5, 5.41) is 0. The van der Waals surface area contributed by atoms with Gasteiger partial charge < -0.3 is 10.5 Å². The zero-order valence-electron chi connectivity index (χ0n) is 15.9. The van der Waals surface area contributed by atoms with E-state index in [9.17, 15) is 0 Å². The second-order valence-corrected chi connectivity index (χ2v) is 7.48. The van der Waals surface area contributed by atoms with Gasteiger partial charge in [-0.25, -0.2) is 0 Å². The van der Waals surface area contributed by atoms with Gasteiger partial charge in [0.25, 0.3) is 0 Å². The zero-order chi connectivity index (χ0) is 18.2. The molecule has 0 aliphatic heterocycles. The maximum absolute atomic E-state index is 6.13. The number of rotatable bonds is 8. The third kappa shape index (κ3) is 5.58. The van der Waals surface area contributed by atoms with E-state index in [4.69, 9.17) is 10.5 Å². The number of hydrogen-bond donors (Lipinski definition) is 1. The Labute approximate surface area is 158 Å². The predicted octanol–water partition coefficient (Wildman–Crippen LogP) is 4.40. The van der Waals surface area contributed by atoms with Crippen molar-refractivity contribution >= 4 is 0 Å². The van der Waals surface area contributed by atoms with Gasteiger partial charge >= 0.3 is 0 Å². The van der Waals surface area contributed by atoms with Gasteiger partial charge in [0.15, 0.2) is 0 Å². The third-order valence-corrected chi connectivity index (χ3v) is 5.53. The van der Waals surface area contributed by atoms with Crippen molar-refractivity contribution in [3.8, 4) is 5.75 Å². The molecule has 2 aromatic rings. The van der Waals surface area contributed by atoms with Crippen molar-refractivity contribution in [2.75, 3.05) is 13.7 Å². The highest BCUT2D eigenvalue weighted by Gasteiger charge is 2.24. The second kappa shape index (κ2) is 9.75. The topological polar surface area (TPSA) is 38.5 Å². The molecule has 0 spiro atoms. The van der Waals surface area contributed by atoms with E-state index in [0.717, 1.165) is 38.1 Å². The smallest absolute Gasteiger partial charge is 0.119 e. The summed E-state index contributed by atoms with van der Waals surface area (Å²) in [5.41, 5.74) is 8.89. The highest BCUT2D eigenvalue weighted by atomic mass is 16.5. The van der Waals surface area contributed by atoms with Crippen LogP contribution in [0.1, 0.15) is 43.2 Å². The quantitative estimate of drug-likeness (QED) is 0.765. The van der Waals surface area contributed by atoms with Crippen LogP contribution in [-0.4, -0.2) is 30.6 Å². The Morgan fingerprint density at radius 1 is 0.962 bits per heavy atom. The molecule has 3 nitrogen and oxygen atoms in total. The summed E-state index contributed by atoms with van der Waals surface area (Å²) in [5.74, 6) is 0.942. The van der Waals surface area contributed by atoms with Crippen molar-refractivity contribution in [2.24, 2.45) is 5.73 Å². The Morgan fingerprint density at radius 3 is 2.42 bits per heavy atom. The summed E-state index contributed by atoms with van der Waals surface area (Å²) in [7, 11) is 1.74. The minimum Gasteiger partial charge on any atom is -0.497 e. The zero-order valence-corrected chi connectivity index (χ0v) is 15.9. The first kappa shape index (κ1) is 18.9. The second-order valence-electron chi connectivity index (χ2n) is 7.48. The summed E-state index contributed by atoms with van der Waals surface area (Å²) in [6, 6.07) is 20.3. The molecule has 1 fully saturated rings. The lowest BCUT2D eigenvalue weighted by Gasteiger charge is -2.36. The maximum Gasteiger partial charge on any atom is 0.119 e. The molecule has 0 amide bonds. The minimum absolute atomic E-state index is 0.397. The number of hydrogen-bond acceptors (Lipinski definition) is 3. The number of nitrogens with zero attached hydrogens (tertiary/aromatic N) is 1. The van der Waals surface area contributed by atoms with Gasteiger partial charge in [0, 0.05) is 18.6 Å². The first-order valence-electron chi connectivity index (χ1n) is 9.91. The molecule has 2 N–H and O–H groups in total. The van der Waals surface area contributed by atoms with Crippen LogP contribution in [0.3, 0.4) is 0 Å².